The van der Waals surface area contributed by atoms with Crippen LogP contribution in [0.15, 0.2) is 12.1 Å². The van der Waals surface area contributed by atoms with Crippen LogP contribution >= 0.6 is 0 Å². The second-order valence-corrected chi connectivity index (χ2v) is 6.68. The summed E-state index contributed by atoms with van der Waals surface area (Å²) in [5, 5.41) is 9.04. The van der Waals surface area contributed by atoms with Gasteiger partial charge in [0.1, 0.15) is 11.6 Å². The first-order valence-corrected chi connectivity index (χ1v) is 7.84. The summed E-state index contributed by atoms with van der Waals surface area (Å²) in [5.74, 6) is 1.26. The highest BCUT2D eigenvalue weighted by Crippen LogP contribution is 2.57. The molecule has 0 aromatic heterocycles. The van der Waals surface area contributed by atoms with Crippen molar-refractivity contribution in [2.75, 3.05) is 6.61 Å². The van der Waals surface area contributed by atoms with Gasteiger partial charge in [0.25, 0.3) is 0 Å². The molecule has 3 fully saturated rings. The molecule has 3 aliphatic carbocycles. The fourth-order valence-electron chi connectivity index (χ4n) is 3.98. The number of ether oxygens (including phenoxy) is 1. The van der Waals surface area contributed by atoms with Crippen LogP contribution in [-0.4, -0.2) is 17.7 Å². The standard InChI is InChI=1S/C17H19FO3/c18-15-7-16(21-8-14-10-2-1-3-11(10)14)12(9-4-5-9)6-13(15)17(19)20/h6-7,9-11,14H,1-5,8H2,(H,19,20)/t10-,11+,14?. The van der Waals surface area contributed by atoms with Crippen LogP contribution in [0.1, 0.15) is 53.9 Å². The minimum atomic E-state index is -1.21. The maximum absolute atomic E-state index is 13.9. The molecule has 0 heterocycles. The number of fused-ring (bicyclic) bond motifs is 1. The van der Waals surface area contributed by atoms with Crippen LogP contribution in [0.2, 0.25) is 0 Å². The first-order chi connectivity index (χ1) is 10.1. The Morgan fingerprint density at radius 1 is 1.24 bits per heavy atom. The van der Waals surface area contributed by atoms with Crippen molar-refractivity contribution in [3.05, 3.63) is 29.1 Å². The molecule has 0 saturated heterocycles. The number of carboxylic acid groups (broad SMARTS) is 1. The predicted octanol–water partition coefficient (Wildman–Crippen LogP) is 3.83. The van der Waals surface area contributed by atoms with Gasteiger partial charge < -0.3 is 9.84 Å². The largest absolute Gasteiger partial charge is 0.493 e. The van der Waals surface area contributed by atoms with Gasteiger partial charge in [0.15, 0.2) is 0 Å². The van der Waals surface area contributed by atoms with Crippen LogP contribution in [0.5, 0.6) is 5.75 Å². The van der Waals surface area contributed by atoms with Crippen LogP contribution < -0.4 is 4.74 Å². The fraction of sp³-hybridized carbons (Fsp3) is 0.588. The zero-order chi connectivity index (χ0) is 14.6. The average molecular weight is 290 g/mol. The molecule has 21 heavy (non-hydrogen) atoms. The molecule has 0 aliphatic heterocycles. The normalized spacial score (nSPS) is 30.0. The molecule has 112 valence electrons. The molecular weight excluding hydrogens is 271 g/mol. The molecule has 1 aromatic rings. The molecule has 3 atom stereocenters. The monoisotopic (exact) mass is 290 g/mol. The summed E-state index contributed by atoms with van der Waals surface area (Å²) in [6.07, 6.45) is 6.02. The van der Waals surface area contributed by atoms with Crippen LogP contribution in [0.25, 0.3) is 0 Å². The Balaban J connectivity index is 1.53. The smallest absolute Gasteiger partial charge is 0.338 e. The summed E-state index contributed by atoms with van der Waals surface area (Å²) in [7, 11) is 0. The van der Waals surface area contributed by atoms with Crippen molar-refractivity contribution in [3.8, 4) is 5.75 Å². The Kier molecular flexibility index (Phi) is 2.95. The number of carbonyl (C=O) groups is 1. The first kappa shape index (κ1) is 13.1. The maximum atomic E-state index is 13.9. The lowest BCUT2D eigenvalue weighted by molar-refractivity contribution is 0.0691. The van der Waals surface area contributed by atoms with E-state index in [-0.39, 0.29) is 5.56 Å². The number of benzene rings is 1. The molecule has 1 unspecified atom stereocenters. The van der Waals surface area contributed by atoms with Crippen molar-refractivity contribution in [1.29, 1.82) is 0 Å². The topological polar surface area (TPSA) is 46.5 Å². The van der Waals surface area contributed by atoms with Crippen molar-refractivity contribution in [1.82, 2.24) is 0 Å². The Morgan fingerprint density at radius 3 is 2.57 bits per heavy atom. The molecule has 0 bridgehead atoms. The molecule has 0 amide bonds. The Labute approximate surface area is 123 Å². The third-order valence-electron chi connectivity index (χ3n) is 5.36. The van der Waals surface area contributed by atoms with Gasteiger partial charge in [0.2, 0.25) is 0 Å². The first-order valence-electron chi connectivity index (χ1n) is 7.84. The van der Waals surface area contributed by atoms with Gasteiger partial charge in [-0.05, 0) is 61.0 Å². The van der Waals surface area contributed by atoms with Crippen molar-refractivity contribution >= 4 is 5.97 Å². The van der Waals surface area contributed by atoms with E-state index in [9.17, 15) is 9.18 Å². The second kappa shape index (κ2) is 4.72. The second-order valence-electron chi connectivity index (χ2n) is 6.68. The van der Waals surface area contributed by atoms with Crippen LogP contribution in [-0.2, 0) is 0 Å². The molecular formula is C17H19FO3. The lowest BCUT2D eigenvalue weighted by atomic mass is 10.0. The minimum Gasteiger partial charge on any atom is -0.493 e. The highest BCUT2D eigenvalue weighted by Gasteiger charge is 2.52. The third-order valence-corrected chi connectivity index (χ3v) is 5.36. The summed E-state index contributed by atoms with van der Waals surface area (Å²) in [6, 6.07) is 2.74. The summed E-state index contributed by atoms with van der Waals surface area (Å²) >= 11 is 0. The zero-order valence-electron chi connectivity index (χ0n) is 11.8. The molecule has 4 rings (SSSR count). The molecule has 0 spiro atoms. The SMILES string of the molecule is O=C(O)c1cc(C2CC2)c(OCC2[C@H]3CCC[C@@H]23)cc1F. The van der Waals surface area contributed by atoms with E-state index in [1.54, 1.807) is 0 Å². The van der Waals surface area contributed by atoms with Crippen LogP contribution in [0.3, 0.4) is 0 Å². The number of halogens is 1. The van der Waals surface area contributed by atoms with Crippen molar-refractivity contribution in [3.63, 3.8) is 0 Å². The third kappa shape index (κ3) is 2.30. The van der Waals surface area contributed by atoms with Gasteiger partial charge >= 0.3 is 5.97 Å². The van der Waals surface area contributed by atoms with Crippen LogP contribution in [0, 0.1) is 23.6 Å². The van der Waals surface area contributed by atoms with E-state index in [0.717, 1.165) is 30.2 Å². The zero-order valence-corrected chi connectivity index (χ0v) is 11.8. The molecule has 1 N–H and O–H groups in total. The van der Waals surface area contributed by atoms with Gasteiger partial charge in [-0.2, -0.15) is 0 Å². The Morgan fingerprint density at radius 2 is 1.95 bits per heavy atom. The van der Waals surface area contributed by atoms with Gasteiger partial charge in [0.05, 0.1) is 12.2 Å². The Bertz CT molecular complexity index is 584. The van der Waals surface area contributed by atoms with E-state index in [2.05, 4.69) is 0 Å². The van der Waals surface area contributed by atoms with Gasteiger partial charge in [-0.3, -0.25) is 0 Å². The predicted molar refractivity (Wildman–Crippen MR) is 75.2 cm³/mol. The molecule has 3 aliphatic rings. The van der Waals surface area contributed by atoms with Crippen molar-refractivity contribution in [2.24, 2.45) is 17.8 Å². The highest BCUT2D eigenvalue weighted by atomic mass is 19.1. The minimum absolute atomic E-state index is 0.243. The maximum Gasteiger partial charge on any atom is 0.338 e. The van der Waals surface area contributed by atoms with Gasteiger partial charge in [-0.1, -0.05) is 6.42 Å². The molecule has 0 radical (unpaired) electrons. The molecule has 1 aromatic carbocycles. The van der Waals surface area contributed by atoms with Gasteiger partial charge in [-0.25, -0.2) is 9.18 Å². The summed E-state index contributed by atoms with van der Waals surface area (Å²) in [6.45, 7) is 0.654. The summed E-state index contributed by atoms with van der Waals surface area (Å²) in [5.41, 5.74) is 0.632. The summed E-state index contributed by atoms with van der Waals surface area (Å²) in [4.78, 5) is 11.1. The van der Waals surface area contributed by atoms with Gasteiger partial charge in [0, 0.05) is 6.07 Å². The Hall–Kier alpha value is -1.58. The van der Waals surface area contributed by atoms with E-state index in [1.807, 2.05) is 0 Å². The van der Waals surface area contributed by atoms with Gasteiger partial charge in [-0.15, -0.1) is 0 Å². The molecule has 4 heteroatoms. The van der Waals surface area contributed by atoms with Crippen LogP contribution in [0.4, 0.5) is 4.39 Å². The van der Waals surface area contributed by atoms with Crippen molar-refractivity contribution < 1.29 is 19.0 Å². The van der Waals surface area contributed by atoms with E-state index >= 15 is 0 Å². The number of hydrogen-bond acceptors (Lipinski definition) is 2. The lowest BCUT2D eigenvalue weighted by Crippen LogP contribution is -2.08. The van der Waals surface area contributed by atoms with E-state index in [4.69, 9.17) is 9.84 Å². The summed E-state index contributed by atoms with van der Waals surface area (Å²) < 4.78 is 19.8. The highest BCUT2D eigenvalue weighted by molar-refractivity contribution is 5.88. The average Bonchev–Trinajstić information content (AvgIpc) is 3.35. The number of hydrogen-bond donors (Lipinski definition) is 1. The number of carboxylic acids is 1. The van der Waals surface area contributed by atoms with E-state index in [0.29, 0.717) is 24.2 Å². The quantitative estimate of drug-likeness (QED) is 0.896. The van der Waals surface area contributed by atoms with E-state index in [1.165, 1.54) is 31.4 Å². The fourth-order valence-corrected chi connectivity index (χ4v) is 3.98. The molecule has 3 nitrogen and oxygen atoms in total. The number of aromatic carboxylic acids is 1. The molecule has 3 saturated carbocycles. The van der Waals surface area contributed by atoms with E-state index < -0.39 is 11.8 Å². The van der Waals surface area contributed by atoms with Crippen molar-refractivity contribution in [2.45, 2.75) is 38.0 Å². The number of rotatable bonds is 5. The lowest BCUT2D eigenvalue weighted by Gasteiger charge is -2.13.